The van der Waals surface area contributed by atoms with E-state index >= 15 is 0 Å². The monoisotopic (exact) mass is 238 g/mol. The fourth-order valence-electron chi connectivity index (χ4n) is 1.30. The van der Waals surface area contributed by atoms with Gasteiger partial charge in [-0.2, -0.15) is 5.26 Å². The summed E-state index contributed by atoms with van der Waals surface area (Å²) in [5, 5.41) is 8.78. The smallest absolute Gasteiger partial charge is 0.0992 e. The first-order chi connectivity index (χ1) is 7.77. The molecule has 3 nitrogen and oxygen atoms in total. The maximum atomic E-state index is 8.78. The molecule has 0 saturated carbocycles. The van der Waals surface area contributed by atoms with Gasteiger partial charge >= 0.3 is 0 Å². The molecule has 0 unspecified atom stereocenters. The number of nitriles is 1. The van der Waals surface area contributed by atoms with Crippen molar-refractivity contribution in [3.05, 3.63) is 29.8 Å². The van der Waals surface area contributed by atoms with Crippen LogP contribution in [0.3, 0.4) is 0 Å². The standard InChI is InChI=1S/C12H15ClN2O/c1-15(6-8-16-7-5-13)12-4-2-3-11(9-12)10-14/h2-4,9H,5-8H2,1H3. The molecule has 0 aromatic heterocycles. The molecule has 1 aromatic rings. The van der Waals surface area contributed by atoms with Crippen molar-refractivity contribution in [2.75, 3.05) is 37.6 Å². The van der Waals surface area contributed by atoms with E-state index < -0.39 is 0 Å². The third-order valence-electron chi connectivity index (χ3n) is 2.21. The number of benzene rings is 1. The summed E-state index contributed by atoms with van der Waals surface area (Å²) in [4.78, 5) is 2.05. The third-order valence-corrected chi connectivity index (χ3v) is 2.36. The van der Waals surface area contributed by atoms with Crippen LogP contribution in [0.15, 0.2) is 24.3 Å². The maximum Gasteiger partial charge on any atom is 0.0992 e. The lowest BCUT2D eigenvalue weighted by Crippen LogP contribution is -2.22. The fraction of sp³-hybridized carbons (Fsp3) is 0.417. The SMILES string of the molecule is CN(CCOCCCl)c1cccc(C#N)c1. The Morgan fingerprint density at radius 3 is 2.94 bits per heavy atom. The second-order valence-electron chi connectivity index (χ2n) is 3.39. The van der Waals surface area contributed by atoms with Gasteiger partial charge in [-0.25, -0.2) is 0 Å². The number of rotatable bonds is 6. The number of likely N-dealkylation sites (N-methyl/N-ethyl adjacent to an activating group) is 1. The quantitative estimate of drug-likeness (QED) is 0.563. The second-order valence-corrected chi connectivity index (χ2v) is 3.76. The van der Waals surface area contributed by atoms with E-state index in [0.29, 0.717) is 24.7 Å². The molecular formula is C12H15ClN2O. The van der Waals surface area contributed by atoms with Crippen molar-refractivity contribution >= 4 is 17.3 Å². The van der Waals surface area contributed by atoms with Gasteiger partial charge in [-0.1, -0.05) is 6.07 Å². The van der Waals surface area contributed by atoms with Gasteiger partial charge in [0.2, 0.25) is 0 Å². The van der Waals surface area contributed by atoms with Gasteiger partial charge in [0, 0.05) is 25.2 Å². The fourth-order valence-corrected chi connectivity index (χ4v) is 1.41. The summed E-state index contributed by atoms with van der Waals surface area (Å²) in [5.41, 5.74) is 1.69. The Bertz CT molecular complexity index is 362. The summed E-state index contributed by atoms with van der Waals surface area (Å²) < 4.78 is 5.29. The Labute approximate surface area is 101 Å². The molecule has 16 heavy (non-hydrogen) atoms. The lowest BCUT2D eigenvalue weighted by Gasteiger charge is -2.19. The number of alkyl halides is 1. The van der Waals surface area contributed by atoms with Crippen LogP contribution in [0.4, 0.5) is 5.69 Å². The van der Waals surface area contributed by atoms with Crippen molar-refractivity contribution in [3.63, 3.8) is 0 Å². The summed E-state index contributed by atoms with van der Waals surface area (Å²) in [5.74, 6) is 0.521. The highest BCUT2D eigenvalue weighted by Crippen LogP contribution is 2.13. The van der Waals surface area contributed by atoms with Crippen LogP contribution in [0.25, 0.3) is 0 Å². The summed E-state index contributed by atoms with van der Waals surface area (Å²) in [6.45, 7) is 2.00. The molecule has 0 aliphatic heterocycles. The second kappa shape index (κ2) is 7.10. The molecule has 4 heteroatoms. The maximum absolute atomic E-state index is 8.78. The van der Waals surface area contributed by atoms with Crippen LogP contribution in [0.2, 0.25) is 0 Å². The van der Waals surface area contributed by atoms with E-state index in [1.807, 2.05) is 25.2 Å². The molecule has 0 aliphatic carbocycles. The van der Waals surface area contributed by atoms with E-state index in [2.05, 4.69) is 11.0 Å². The Balaban J connectivity index is 2.46. The van der Waals surface area contributed by atoms with Crippen molar-refractivity contribution in [1.29, 1.82) is 5.26 Å². The minimum absolute atomic E-state index is 0.521. The zero-order valence-electron chi connectivity index (χ0n) is 9.32. The molecule has 0 heterocycles. The van der Waals surface area contributed by atoms with Crippen LogP contribution in [0.5, 0.6) is 0 Å². The summed E-state index contributed by atoms with van der Waals surface area (Å²) >= 11 is 5.50. The number of anilines is 1. The Hall–Kier alpha value is -1.24. The van der Waals surface area contributed by atoms with Crippen molar-refractivity contribution in [2.45, 2.75) is 0 Å². The highest BCUT2D eigenvalue weighted by Gasteiger charge is 2.01. The van der Waals surface area contributed by atoms with Gasteiger partial charge in [0.1, 0.15) is 0 Å². The third kappa shape index (κ3) is 4.09. The molecule has 0 N–H and O–H groups in total. The van der Waals surface area contributed by atoms with Crippen LogP contribution < -0.4 is 4.90 Å². The predicted molar refractivity (Wildman–Crippen MR) is 66.0 cm³/mol. The lowest BCUT2D eigenvalue weighted by atomic mass is 10.2. The molecule has 0 saturated heterocycles. The van der Waals surface area contributed by atoms with Gasteiger partial charge in [-0.05, 0) is 18.2 Å². The first kappa shape index (κ1) is 12.8. The topological polar surface area (TPSA) is 36.3 Å². The van der Waals surface area contributed by atoms with Crippen LogP contribution in [-0.4, -0.2) is 32.7 Å². The number of hydrogen-bond acceptors (Lipinski definition) is 3. The molecule has 0 bridgehead atoms. The minimum Gasteiger partial charge on any atom is -0.378 e. The van der Waals surface area contributed by atoms with Crippen molar-refractivity contribution in [1.82, 2.24) is 0 Å². The number of ether oxygens (including phenoxy) is 1. The zero-order chi connectivity index (χ0) is 11.8. The molecule has 1 aromatic carbocycles. The summed E-state index contributed by atoms with van der Waals surface area (Å²) in [7, 11) is 1.97. The van der Waals surface area contributed by atoms with E-state index in [4.69, 9.17) is 21.6 Å². The molecular weight excluding hydrogens is 224 g/mol. The van der Waals surface area contributed by atoms with Crippen LogP contribution in [0.1, 0.15) is 5.56 Å². The minimum atomic E-state index is 0.521. The first-order valence-electron chi connectivity index (χ1n) is 5.13. The van der Waals surface area contributed by atoms with E-state index in [-0.39, 0.29) is 0 Å². The number of hydrogen-bond donors (Lipinski definition) is 0. The summed E-state index contributed by atoms with van der Waals surface area (Å²) in [6.07, 6.45) is 0. The van der Waals surface area contributed by atoms with Gasteiger partial charge in [0.15, 0.2) is 0 Å². The molecule has 86 valence electrons. The predicted octanol–water partition coefficient (Wildman–Crippen LogP) is 2.25. The summed E-state index contributed by atoms with van der Waals surface area (Å²) in [6, 6.07) is 9.63. The van der Waals surface area contributed by atoms with Gasteiger partial charge < -0.3 is 9.64 Å². The van der Waals surface area contributed by atoms with Crippen LogP contribution >= 0.6 is 11.6 Å². The van der Waals surface area contributed by atoms with Crippen molar-refractivity contribution in [2.24, 2.45) is 0 Å². The lowest BCUT2D eigenvalue weighted by molar-refractivity contribution is 0.156. The van der Waals surface area contributed by atoms with Crippen LogP contribution in [0, 0.1) is 11.3 Å². The van der Waals surface area contributed by atoms with Gasteiger partial charge in [-0.15, -0.1) is 11.6 Å². The van der Waals surface area contributed by atoms with E-state index in [0.717, 1.165) is 12.2 Å². The van der Waals surface area contributed by atoms with E-state index in [1.54, 1.807) is 6.07 Å². The largest absolute Gasteiger partial charge is 0.378 e. The van der Waals surface area contributed by atoms with Gasteiger partial charge in [0.05, 0.1) is 24.8 Å². The van der Waals surface area contributed by atoms with Crippen LogP contribution in [-0.2, 0) is 4.74 Å². The number of nitrogens with zero attached hydrogens (tertiary/aromatic N) is 2. The van der Waals surface area contributed by atoms with E-state index in [1.165, 1.54) is 0 Å². The number of halogens is 1. The average Bonchev–Trinajstić information content (AvgIpc) is 2.34. The molecule has 0 radical (unpaired) electrons. The molecule has 1 rings (SSSR count). The molecule has 0 amide bonds. The molecule has 0 fully saturated rings. The highest BCUT2D eigenvalue weighted by molar-refractivity contribution is 6.17. The van der Waals surface area contributed by atoms with Gasteiger partial charge in [0.25, 0.3) is 0 Å². The Morgan fingerprint density at radius 2 is 2.25 bits per heavy atom. The van der Waals surface area contributed by atoms with Crippen molar-refractivity contribution in [3.8, 4) is 6.07 Å². The Kier molecular flexibility index (Phi) is 5.69. The van der Waals surface area contributed by atoms with Crippen molar-refractivity contribution < 1.29 is 4.74 Å². The average molecular weight is 239 g/mol. The van der Waals surface area contributed by atoms with Gasteiger partial charge in [-0.3, -0.25) is 0 Å². The Morgan fingerprint density at radius 1 is 1.44 bits per heavy atom. The normalized spacial score (nSPS) is 9.81. The first-order valence-corrected chi connectivity index (χ1v) is 5.66. The molecule has 0 aliphatic rings. The zero-order valence-corrected chi connectivity index (χ0v) is 10.1. The molecule has 0 atom stereocenters. The molecule has 0 spiro atoms. The van der Waals surface area contributed by atoms with E-state index in [9.17, 15) is 0 Å². The highest BCUT2D eigenvalue weighted by atomic mass is 35.5.